The SMILES string of the molecule is O=C(/C=c1/[nH]c(=O)/c(=C/c2cccc(O)c2)s1)c1cccc(Cl)c1. The molecule has 0 saturated carbocycles. The molecule has 6 heteroatoms. The minimum atomic E-state index is -0.284. The van der Waals surface area contributed by atoms with Crippen LogP contribution in [0.5, 0.6) is 5.75 Å². The van der Waals surface area contributed by atoms with Crippen molar-refractivity contribution in [1.82, 2.24) is 4.98 Å². The Morgan fingerprint density at radius 2 is 1.96 bits per heavy atom. The van der Waals surface area contributed by atoms with Crippen molar-refractivity contribution in [1.29, 1.82) is 0 Å². The summed E-state index contributed by atoms with van der Waals surface area (Å²) in [6, 6.07) is 13.2. The number of aromatic hydroxyl groups is 1. The fourth-order valence-corrected chi connectivity index (χ4v) is 3.21. The monoisotopic (exact) mass is 357 g/mol. The lowest BCUT2D eigenvalue weighted by atomic mass is 10.1. The summed E-state index contributed by atoms with van der Waals surface area (Å²) >= 11 is 7.05. The summed E-state index contributed by atoms with van der Waals surface area (Å²) in [6.07, 6.45) is 3.03. The Morgan fingerprint density at radius 3 is 2.71 bits per heavy atom. The van der Waals surface area contributed by atoms with Crippen molar-refractivity contribution in [2.24, 2.45) is 0 Å². The van der Waals surface area contributed by atoms with Crippen molar-refractivity contribution in [2.45, 2.75) is 0 Å². The fourth-order valence-electron chi connectivity index (χ4n) is 2.13. The van der Waals surface area contributed by atoms with E-state index in [1.165, 1.54) is 17.4 Å². The molecule has 120 valence electrons. The molecule has 2 N–H and O–H groups in total. The molecule has 3 rings (SSSR count). The van der Waals surface area contributed by atoms with E-state index < -0.39 is 0 Å². The summed E-state index contributed by atoms with van der Waals surface area (Å²) in [6.45, 7) is 0. The average molecular weight is 358 g/mol. The largest absolute Gasteiger partial charge is 0.508 e. The van der Waals surface area contributed by atoms with Crippen LogP contribution in [0.15, 0.2) is 53.3 Å². The van der Waals surface area contributed by atoms with Crippen LogP contribution in [0.25, 0.3) is 12.2 Å². The molecule has 0 aliphatic carbocycles. The number of phenols is 1. The molecular weight excluding hydrogens is 346 g/mol. The van der Waals surface area contributed by atoms with Gasteiger partial charge in [0.2, 0.25) is 0 Å². The van der Waals surface area contributed by atoms with E-state index in [0.717, 1.165) is 0 Å². The first-order valence-corrected chi connectivity index (χ1v) is 8.22. The Hall–Kier alpha value is -2.63. The molecule has 0 aliphatic rings. The van der Waals surface area contributed by atoms with Crippen LogP contribution in [-0.4, -0.2) is 15.9 Å². The van der Waals surface area contributed by atoms with Crippen molar-refractivity contribution >= 4 is 40.9 Å². The molecule has 2 aromatic carbocycles. The number of hydrogen-bond donors (Lipinski definition) is 2. The standard InChI is InChI=1S/C18H12ClNO3S/c19-13-5-2-4-12(9-13)15(22)10-17-20-18(23)16(24-17)8-11-3-1-6-14(21)7-11/h1-10,21H,(H,20,23)/b16-8-,17-10-. The lowest BCUT2D eigenvalue weighted by molar-refractivity contribution is 0.106. The van der Waals surface area contributed by atoms with Gasteiger partial charge in [0.05, 0.1) is 9.20 Å². The highest BCUT2D eigenvalue weighted by Gasteiger charge is 2.04. The van der Waals surface area contributed by atoms with Crippen molar-refractivity contribution in [2.75, 3.05) is 0 Å². The van der Waals surface area contributed by atoms with Crippen LogP contribution in [0.4, 0.5) is 0 Å². The Morgan fingerprint density at radius 1 is 1.17 bits per heavy atom. The van der Waals surface area contributed by atoms with Crippen LogP contribution in [-0.2, 0) is 0 Å². The van der Waals surface area contributed by atoms with Gasteiger partial charge in [-0.05, 0) is 35.9 Å². The first-order chi connectivity index (χ1) is 11.5. The highest BCUT2D eigenvalue weighted by atomic mass is 35.5. The lowest BCUT2D eigenvalue weighted by Crippen LogP contribution is -2.19. The van der Waals surface area contributed by atoms with Crippen LogP contribution in [0.3, 0.4) is 0 Å². The maximum atomic E-state index is 12.2. The highest BCUT2D eigenvalue weighted by molar-refractivity contribution is 7.07. The number of ketones is 1. The quantitative estimate of drug-likeness (QED) is 0.706. The summed E-state index contributed by atoms with van der Waals surface area (Å²) in [5.41, 5.74) is 0.874. The number of H-pyrrole nitrogens is 1. The first-order valence-electron chi connectivity index (χ1n) is 7.03. The molecule has 0 amide bonds. The van der Waals surface area contributed by atoms with Crippen LogP contribution in [0.2, 0.25) is 5.02 Å². The van der Waals surface area contributed by atoms with E-state index in [1.807, 2.05) is 0 Å². The van der Waals surface area contributed by atoms with Gasteiger partial charge in [-0.3, -0.25) is 9.59 Å². The van der Waals surface area contributed by atoms with E-state index in [9.17, 15) is 14.7 Å². The maximum absolute atomic E-state index is 12.2. The van der Waals surface area contributed by atoms with Gasteiger partial charge in [-0.15, -0.1) is 11.3 Å². The molecule has 3 aromatic rings. The Bertz CT molecular complexity index is 1080. The van der Waals surface area contributed by atoms with Crippen molar-refractivity contribution in [3.05, 3.63) is 84.2 Å². The summed E-state index contributed by atoms with van der Waals surface area (Å²) in [5.74, 6) is -0.112. The zero-order valence-electron chi connectivity index (χ0n) is 12.3. The average Bonchev–Trinajstić information content (AvgIpc) is 2.87. The molecule has 0 radical (unpaired) electrons. The normalized spacial score (nSPS) is 12.5. The second-order valence-corrected chi connectivity index (χ2v) is 6.56. The molecular formula is C18H12ClNO3S. The second-order valence-electron chi connectivity index (χ2n) is 5.04. The third kappa shape index (κ3) is 3.82. The topological polar surface area (TPSA) is 70.2 Å². The van der Waals surface area contributed by atoms with Crippen LogP contribution >= 0.6 is 22.9 Å². The second kappa shape index (κ2) is 6.86. The van der Waals surface area contributed by atoms with Crippen LogP contribution < -0.4 is 14.8 Å². The number of carbonyl (C=O) groups is 1. The van der Waals surface area contributed by atoms with E-state index in [-0.39, 0.29) is 17.1 Å². The number of carbonyl (C=O) groups excluding carboxylic acids is 1. The molecule has 0 bridgehead atoms. The van der Waals surface area contributed by atoms with Crippen LogP contribution in [0.1, 0.15) is 15.9 Å². The summed E-state index contributed by atoms with van der Waals surface area (Å²) in [7, 11) is 0. The van der Waals surface area contributed by atoms with Gasteiger partial charge >= 0.3 is 0 Å². The van der Waals surface area contributed by atoms with Gasteiger partial charge in [-0.2, -0.15) is 0 Å². The van der Waals surface area contributed by atoms with Gasteiger partial charge in [0.25, 0.3) is 5.56 Å². The van der Waals surface area contributed by atoms with Gasteiger partial charge in [-0.1, -0.05) is 35.9 Å². The van der Waals surface area contributed by atoms with Crippen molar-refractivity contribution in [3.63, 3.8) is 0 Å². The number of rotatable bonds is 3. The smallest absolute Gasteiger partial charge is 0.266 e. The van der Waals surface area contributed by atoms with E-state index >= 15 is 0 Å². The summed E-state index contributed by atoms with van der Waals surface area (Å²) in [4.78, 5) is 26.9. The number of Topliss-reactive ketones (excluding diaryl/α,β-unsaturated/α-hetero) is 1. The highest BCUT2D eigenvalue weighted by Crippen LogP contribution is 2.12. The first kappa shape index (κ1) is 16.2. The molecule has 0 unspecified atom stereocenters. The predicted molar refractivity (Wildman–Crippen MR) is 96.1 cm³/mol. The summed E-state index contributed by atoms with van der Waals surface area (Å²) in [5, 5.41) is 9.95. The zero-order valence-corrected chi connectivity index (χ0v) is 13.9. The molecule has 1 heterocycles. The Balaban J connectivity index is 2.00. The molecule has 0 atom stereocenters. The molecule has 0 aliphatic heterocycles. The van der Waals surface area contributed by atoms with E-state index in [0.29, 0.717) is 25.3 Å². The number of nitrogens with one attached hydrogen (secondary N) is 1. The number of thiazole rings is 1. The van der Waals surface area contributed by atoms with E-state index in [4.69, 9.17) is 11.6 Å². The minimum Gasteiger partial charge on any atom is -0.508 e. The number of aromatic amines is 1. The van der Waals surface area contributed by atoms with Gasteiger partial charge < -0.3 is 10.1 Å². The lowest BCUT2D eigenvalue weighted by Gasteiger charge is -1.95. The van der Waals surface area contributed by atoms with Gasteiger partial charge in [-0.25, -0.2) is 0 Å². The van der Waals surface area contributed by atoms with E-state index in [1.54, 1.807) is 54.6 Å². The number of benzene rings is 2. The zero-order chi connectivity index (χ0) is 17.1. The molecule has 1 aromatic heterocycles. The number of hydrogen-bond acceptors (Lipinski definition) is 4. The molecule has 0 saturated heterocycles. The number of phenolic OH excluding ortho intramolecular Hbond substituents is 1. The van der Waals surface area contributed by atoms with Gasteiger partial charge in [0, 0.05) is 16.7 Å². The fraction of sp³-hybridized carbons (Fsp3) is 0. The van der Waals surface area contributed by atoms with Crippen molar-refractivity contribution in [3.8, 4) is 5.75 Å². The third-order valence-corrected chi connectivity index (χ3v) is 4.42. The molecule has 0 fully saturated rings. The predicted octanol–water partition coefficient (Wildman–Crippen LogP) is 2.29. The Kier molecular flexibility index (Phi) is 4.64. The van der Waals surface area contributed by atoms with Crippen molar-refractivity contribution < 1.29 is 9.90 Å². The van der Waals surface area contributed by atoms with Crippen LogP contribution in [0, 0.1) is 0 Å². The third-order valence-electron chi connectivity index (χ3n) is 3.22. The van der Waals surface area contributed by atoms with Gasteiger partial charge in [0.15, 0.2) is 5.78 Å². The van der Waals surface area contributed by atoms with Gasteiger partial charge in [0.1, 0.15) is 5.75 Å². The maximum Gasteiger partial charge on any atom is 0.266 e. The minimum absolute atomic E-state index is 0.125. The number of aromatic nitrogens is 1. The Labute approximate surface area is 146 Å². The number of halogens is 1. The summed E-state index contributed by atoms with van der Waals surface area (Å²) < 4.78 is 0.905. The molecule has 24 heavy (non-hydrogen) atoms. The molecule has 0 spiro atoms. The molecule has 4 nitrogen and oxygen atoms in total. The van der Waals surface area contributed by atoms with E-state index in [2.05, 4.69) is 4.98 Å².